The van der Waals surface area contributed by atoms with Gasteiger partial charge in [0.1, 0.15) is 0 Å². The van der Waals surface area contributed by atoms with Crippen molar-refractivity contribution >= 4 is 16.3 Å². The number of thiazole rings is 1. The van der Waals surface area contributed by atoms with Crippen molar-refractivity contribution in [2.75, 3.05) is 13.1 Å². The van der Waals surface area contributed by atoms with Gasteiger partial charge in [0.15, 0.2) is 5.76 Å². The number of furan rings is 1. The molecule has 3 aromatic heterocycles. The van der Waals surface area contributed by atoms with E-state index in [4.69, 9.17) is 4.42 Å². The van der Waals surface area contributed by atoms with Crippen LogP contribution in [0.4, 0.5) is 0 Å². The molecule has 0 aliphatic carbocycles. The molecule has 4 aromatic rings. The number of likely N-dealkylation sites (tertiary alicyclic amines) is 1. The van der Waals surface area contributed by atoms with E-state index in [0.717, 1.165) is 18.0 Å². The van der Waals surface area contributed by atoms with Crippen LogP contribution in [0.25, 0.3) is 16.5 Å². The summed E-state index contributed by atoms with van der Waals surface area (Å²) in [4.78, 5) is 8.52. The molecule has 6 nitrogen and oxygen atoms in total. The number of fused-ring (bicyclic) bond motifs is 1. The maximum atomic E-state index is 10.9. The summed E-state index contributed by atoms with van der Waals surface area (Å²) in [7, 11) is 0. The molecule has 26 heavy (non-hydrogen) atoms. The third-order valence-electron chi connectivity index (χ3n) is 4.81. The zero-order valence-corrected chi connectivity index (χ0v) is 14.9. The lowest BCUT2D eigenvalue weighted by Gasteiger charge is -2.26. The molecule has 1 aliphatic rings. The molecule has 1 unspecified atom stereocenters. The van der Waals surface area contributed by atoms with Gasteiger partial charge in [-0.05, 0) is 43.6 Å². The van der Waals surface area contributed by atoms with E-state index in [0.29, 0.717) is 16.5 Å². The molecule has 0 bridgehead atoms. The monoisotopic (exact) mass is 366 g/mol. The molecule has 4 heterocycles. The highest BCUT2D eigenvalue weighted by Crippen LogP contribution is 2.41. The van der Waals surface area contributed by atoms with Gasteiger partial charge < -0.3 is 9.52 Å². The zero-order chi connectivity index (χ0) is 17.5. The van der Waals surface area contributed by atoms with Crippen molar-refractivity contribution in [2.45, 2.75) is 18.9 Å². The van der Waals surface area contributed by atoms with Gasteiger partial charge in [0, 0.05) is 0 Å². The van der Waals surface area contributed by atoms with Crippen LogP contribution >= 0.6 is 11.3 Å². The van der Waals surface area contributed by atoms with Crippen LogP contribution in [0.1, 0.15) is 29.3 Å². The first-order chi connectivity index (χ1) is 12.8. The Morgan fingerprint density at radius 1 is 1.08 bits per heavy atom. The summed E-state index contributed by atoms with van der Waals surface area (Å²) in [6.45, 7) is 2.06. The highest BCUT2D eigenvalue weighted by molar-refractivity contribution is 7.17. The normalized spacial score (nSPS) is 16.5. The largest absolute Gasteiger partial charge is 0.492 e. The van der Waals surface area contributed by atoms with Crippen molar-refractivity contribution in [1.29, 1.82) is 0 Å². The third kappa shape index (κ3) is 2.51. The van der Waals surface area contributed by atoms with E-state index in [2.05, 4.69) is 27.1 Å². The fraction of sp³-hybridized carbons (Fsp3) is 0.263. The molecule has 0 spiro atoms. The summed E-state index contributed by atoms with van der Waals surface area (Å²) in [5.41, 5.74) is 1.18. The lowest BCUT2D eigenvalue weighted by atomic mass is 10.0. The minimum Gasteiger partial charge on any atom is -0.492 e. The first-order valence-electron chi connectivity index (χ1n) is 8.72. The number of rotatable bonds is 4. The van der Waals surface area contributed by atoms with E-state index in [1.165, 1.54) is 34.3 Å². The standard InChI is InChI=1S/C19H18N4O2S/c24-18-16(15(22-10-4-5-11-22)13-7-2-1-3-8-13)26-19-20-17(21-23(18)19)14-9-6-12-25-14/h1-3,6-9,12,15,24H,4-5,10-11H2. The maximum absolute atomic E-state index is 10.9. The van der Waals surface area contributed by atoms with Gasteiger partial charge in [0.25, 0.3) is 0 Å². The average Bonchev–Trinajstić information content (AvgIpc) is 3.43. The van der Waals surface area contributed by atoms with E-state index in [1.54, 1.807) is 12.3 Å². The van der Waals surface area contributed by atoms with E-state index in [-0.39, 0.29) is 11.9 Å². The minimum absolute atomic E-state index is 0.0271. The summed E-state index contributed by atoms with van der Waals surface area (Å²) in [5, 5.41) is 15.3. The Morgan fingerprint density at radius 2 is 1.88 bits per heavy atom. The molecule has 1 fully saturated rings. The predicted molar refractivity (Wildman–Crippen MR) is 99.3 cm³/mol. The SMILES string of the molecule is Oc1c(C(c2ccccc2)N2CCCC2)sc2nc(-c3ccco3)nn12. The Balaban J connectivity index is 1.61. The van der Waals surface area contributed by atoms with Gasteiger partial charge in [0.2, 0.25) is 16.7 Å². The fourth-order valence-corrected chi connectivity index (χ4v) is 4.72. The van der Waals surface area contributed by atoms with Crippen molar-refractivity contribution in [3.63, 3.8) is 0 Å². The van der Waals surface area contributed by atoms with Gasteiger partial charge in [-0.1, -0.05) is 41.7 Å². The van der Waals surface area contributed by atoms with E-state index in [9.17, 15) is 5.11 Å². The van der Waals surface area contributed by atoms with Gasteiger partial charge in [-0.15, -0.1) is 5.10 Å². The topological polar surface area (TPSA) is 66.8 Å². The quantitative estimate of drug-likeness (QED) is 0.592. The molecule has 1 atom stereocenters. The van der Waals surface area contributed by atoms with E-state index >= 15 is 0 Å². The zero-order valence-electron chi connectivity index (χ0n) is 14.1. The average molecular weight is 366 g/mol. The maximum Gasteiger partial charge on any atom is 0.230 e. The lowest BCUT2D eigenvalue weighted by molar-refractivity contribution is 0.277. The van der Waals surface area contributed by atoms with Crippen LogP contribution < -0.4 is 0 Å². The Kier molecular flexibility index (Phi) is 3.76. The first-order valence-corrected chi connectivity index (χ1v) is 9.54. The molecule has 1 aromatic carbocycles. The van der Waals surface area contributed by atoms with Crippen LogP contribution in [-0.4, -0.2) is 37.7 Å². The summed E-state index contributed by atoms with van der Waals surface area (Å²) >= 11 is 1.49. The lowest BCUT2D eigenvalue weighted by Crippen LogP contribution is -2.26. The van der Waals surface area contributed by atoms with Crippen molar-refractivity contribution in [3.8, 4) is 17.5 Å². The second kappa shape index (κ2) is 6.26. The second-order valence-electron chi connectivity index (χ2n) is 6.45. The fourth-order valence-electron chi connectivity index (χ4n) is 3.60. The Bertz CT molecular complexity index is 1020. The molecular weight excluding hydrogens is 348 g/mol. The highest BCUT2D eigenvalue weighted by atomic mass is 32.1. The summed E-state index contributed by atoms with van der Waals surface area (Å²) in [6, 6.07) is 14.0. The van der Waals surface area contributed by atoms with Crippen LogP contribution in [0.3, 0.4) is 0 Å². The number of benzene rings is 1. The number of hydrogen-bond acceptors (Lipinski definition) is 6. The third-order valence-corrected chi connectivity index (χ3v) is 5.88. The van der Waals surface area contributed by atoms with E-state index in [1.807, 2.05) is 24.3 Å². The molecule has 7 heteroatoms. The highest BCUT2D eigenvalue weighted by Gasteiger charge is 2.31. The summed E-state index contributed by atoms with van der Waals surface area (Å²) in [6.07, 6.45) is 3.97. The molecule has 0 saturated carbocycles. The van der Waals surface area contributed by atoms with Crippen LogP contribution in [0.2, 0.25) is 0 Å². The van der Waals surface area contributed by atoms with Crippen molar-refractivity contribution in [3.05, 3.63) is 59.2 Å². The molecule has 1 saturated heterocycles. The second-order valence-corrected chi connectivity index (χ2v) is 7.46. The molecule has 5 rings (SSSR count). The predicted octanol–water partition coefficient (Wildman–Crippen LogP) is 3.94. The molecule has 132 valence electrons. The van der Waals surface area contributed by atoms with Gasteiger partial charge >= 0.3 is 0 Å². The summed E-state index contributed by atoms with van der Waals surface area (Å²) < 4.78 is 6.88. The number of aromatic nitrogens is 3. The Morgan fingerprint density at radius 3 is 2.58 bits per heavy atom. The van der Waals surface area contributed by atoms with Crippen molar-refractivity contribution < 1.29 is 9.52 Å². The molecule has 1 aliphatic heterocycles. The van der Waals surface area contributed by atoms with Gasteiger partial charge in [-0.25, -0.2) is 0 Å². The van der Waals surface area contributed by atoms with Crippen molar-refractivity contribution in [1.82, 2.24) is 19.5 Å². The molecule has 0 radical (unpaired) electrons. The van der Waals surface area contributed by atoms with Crippen LogP contribution in [0.5, 0.6) is 5.88 Å². The Hall–Kier alpha value is -2.64. The molecule has 0 amide bonds. The Labute approximate surface area is 154 Å². The van der Waals surface area contributed by atoms with Gasteiger partial charge in [0.05, 0.1) is 17.2 Å². The van der Waals surface area contributed by atoms with Gasteiger partial charge in [-0.2, -0.15) is 9.50 Å². The molecule has 1 N–H and O–H groups in total. The molecular formula is C19H18N4O2S. The van der Waals surface area contributed by atoms with Gasteiger partial charge in [-0.3, -0.25) is 4.90 Å². The number of aromatic hydroxyl groups is 1. The first kappa shape index (κ1) is 15.6. The van der Waals surface area contributed by atoms with Crippen molar-refractivity contribution in [2.24, 2.45) is 0 Å². The minimum atomic E-state index is 0.0271. The number of nitrogens with zero attached hydrogens (tertiary/aromatic N) is 4. The summed E-state index contributed by atoms with van der Waals surface area (Å²) in [5.74, 6) is 1.25. The van der Waals surface area contributed by atoms with Crippen LogP contribution in [0.15, 0.2) is 53.1 Å². The number of hydrogen-bond donors (Lipinski definition) is 1. The smallest absolute Gasteiger partial charge is 0.230 e. The van der Waals surface area contributed by atoms with Crippen LogP contribution in [0, 0.1) is 0 Å². The van der Waals surface area contributed by atoms with Crippen LogP contribution in [-0.2, 0) is 0 Å². The van der Waals surface area contributed by atoms with E-state index < -0.39 is 0 Å².